The Morgan fingerprint density at radius 2 is 0.573 bits per heavy atom. The first-order chi connectivity index (χ1) is 40.5. The van der Waals surface area contributed by atoms with Crippen molar-refractivity contribution < 1.29 is 24.5 Å². The third-order valence-corrected chi connectivity index (χ3v) is 17.4. The van der Waals surface area contributed by atoms with E-state index in [0.717, 1.165) is 44.9 Å². The number of rotatable bonds is 70. The lowest BCUT2D eigenvalue weighted by Crippen LogP contribution is -2.45. The highest BCUT2D eigenvalue weighted by atomic mass is 16.5. The maximum Gasteiger partial charge on any atom is 0.305 e. The van der Waals surface area contributed by atoms with Crippen molar-refractivity contribution in [3.63, 3.8) is 0 Å². The quantitative estimate of drug-likeness (QED) is 0.0320. The predicted molar refractivity (Wildman–Crippen MR) is 361 cm³/mol. The molecule has 6 heteroatoms. The zero-order valence-corrected chi connectivity index (χ0v) is 55.5. The zero-order valence-electron chi connectivity index (χ0n) is 55.5. The van der Waals surface area contributed by atoms with Crippen molar-refractivity contribution in [2.45, 2.75) is 424 Å². The minimum atomic E-state index is -0.840. The largest absolute Gasteiger partial charge is 0.466 e. The molecule has 6 nitrogen and oxygen atoms in total. The highest BCUT2D eigenvalue weighted by Gasteiger charge is 2.18. The van der Waals surface area contributed by atoms with Gasteiger partial charge in [-0.3, -0.25) is 9.59 Å². The average Bonchev–Trinajstić information content (AvgIpc) is 3.48. The van der Waals surface area contributed by atoms with Crippen LogP contribution in [0.2, 0.25) is 0 Å². The maximum absolute atomic E-state index is 12.5. The number of carbonyl (C=O) groups is 2. The molecule has 3 N–H and O–H groups in total. The number of nitrogens with one attached hydrogen (secondary N) is 1. The number of hydrogen-bond donors (Lipinski definition) is 3. The summed E-state index contributed by atoms with van der Waals surface area (Å²) in [6, 6.07) is -0.624. The molecule has 0 aliphatic rings. The third kappa shape index (κ3) is 67.2. The SMILES string of the molecule is CCCCCCCCC/C=C\CCCCCCCC(=O)OCCCCCCCCCCCCCCCCCC/C=C\CCCCCCCCCCCCCCCCCCCC(=O)NC(CO)C(O)/C=C/CCCCCCCCCCCC. The van der Waals surface area contributed by atoms with Crippen LogP contribution in [0.1, 0.15) is 412 Å². The molecule has 0 spiro atoms. The Labute approximate surface area is 513 Å². The van der Waals surface area contributed by atoms with Gasteiger partial charge in [-0.25, -0.2) is 0 Å². The third-order valence-electron chi connectivity index (χ3n) is 17.4. The molecule has 0 heterocycles. The van der Waals surface area contributed by atoms with Crippen molar-refractivity contribution in [3.8, 4) is 0 Å². The number of hydrogen-bond acceptors (Lipinski definition) is 5. The lowest BCUT2D eigenvalue weighted by atomic mass is 10.0. The van der Waals surface area contributed by atoms with Crippen LogP contribution in [-0.4, -0.2) is 47.4 Å². The number of aliphatic hydroxyl groups is 2. The summed E-state index contributed by atoms with van der Waals surface area (Å²) in [6.45, 7) is 4.92. The van der Waals surface area contributed by atoms with Crippen LogP contribution in [0.5, 0.6) is 0 Å². The van der Waals surface area contributed by atoms with Gasteiger partial charge in [0.1, 0.15) is 0 Å². The molecule has 1 amide bonds. The number of ether oxygens (including phenoxy) is 1. The summed E-state index contributed by atoms with van der Waals surface area (Å²) in [6.07, 6.45) is 92.6. The van der Waals surface area contributed by atoms with Gasteiger partial charge in [0, 0.05) is 12.8 Å². The topological polar surface area (TPSA) is 95.9 Å². The van der Waals surface area contributed by atoms with Crippen molar-refractivity contribution in [2.75, 3.05) is 13.2 Å². The van der Waals surface area contributed by atoms with E-state index in [1.807, 2.05) is 6.08 Å². The molecule has 0 saturated carbocycles. The Balaban J connectivity index is 3.32. The molecule has 0 bridgehead atoms. The summed E-state index contributed by atoms with van der Waals surface area (Å²) < 4.78 is 5.50. The van der Waals surface area contributed by atoms with E-state index >= 15 is 0 Å². The van der Waals surface area contributed by atoms with E-state index in [2.05, 4.69) is 43.5 Å². The first kappa shape index (κ1) is 80.1. The molecule has 0 fully saturated rings. The van der Waals surface area contributed by atoms with E-state index in [1.54, 1.807) is 6.08 Å². The van der Waals surface area contributed by atoms with Crippen LogP contribution >= 0.6 is 0 Å². The molecule has 0 aromatic rings. The summed E-state index contributed by atoms with van der Waals surface area (Å²) in [5.74, 6) is -0.0488. The molecule has 0 aromatic carbocycles. The van der Waals surface area contributed by atoms with E-state index in [9.17, 15) is 19.8 Å². The number of unbranched alkanes of at least 4 members (excludes halogenated alkanes) is 55. The van der Waals surface area contributed by atoms with Crippen LogP contribution in [-0.2, 0) is 14.3 Å². The van der Waals surface area contributed by atoms with Crippen LogP contribution in [0.3, 0.4) is 0 Å². The molecule has 0 aliphatic heterocycles. The fourth-order valence-electron chi connectivity index (χ4n) is 11.7. The fraction of sp³-hybridized carbons (Fsp3) is 0.895. The molecular formula is C76H145NO5. The predicted octanol–water partition coefficient (Wildman–Crippen LogP) is 24.3. The number of aliphatic hydroxyl groups excluding tert-OH is 2. The zero-order chi connectivity index (χ0) is 59.2. The highest BCUT2D eigenvalue weighted by molar-refractivity contribution is 5.76. The van der Waals surface area contributed by atoms with Crippen LogP contribution in [0.25, 0.3) is 0 Å². The minimum Gasteiger partial charge on any atom is -0.466 e. The number of allylic oxidation sites excluding steroid dienone is 5. The van der Waals surface area contributed by atoms with E-state index in [-0.39, 0.29) is 18.5 Å². The number of carbonyl (C=O) groups excluding carboxylic acids is 2. The van der Waals surface area contributed by atoms with E-state index in [0.29, 0.717) is 19.4 Å². The van der Waals surface area contributed by atoms with Gasteiger partial charge in [0.2, 0.25) is 5.91 Å². The second-order valence-corrected chi connectivity index (χ2v) is 25.6. The maximum atomic E-state index is 12.5. The Hall–Kier alpha value is -1.92. The first-order valence-corrected chi connectivity index (χ1v) is 37.3. The normalized spacial score (nSPS) is 12.7. The molecule has 0 saturated heterocycles. The van der Waals surface area contributed by atoms with Gasteiger partial charge in [0.05, 0.1) is 25.4 Å². The summed E-state index contributed by atoms with van der Waals surface area (Å²) in [5.41, 5.74) is 0. The smallest absolute Gasteiger partial charge is 0.305 e. The Kier molecular flexibility index (Phi) is 69.9. The van der Waals surface area contributed by atoms with E-state index in [4.69, 9.17) is 4.74 Å². The minimum absolute atomic E-state index is 0.0143. The monoisotopic (exact) mass is 1150 g/mol. The van der Waals surface area contributed by atoms with Crippen molar-refractivity contribution in [1.29, 1.82) is 0 Å². The van der Waals surface area contributed by atoms with Gasteiger partial charge in [-0.05, 0) is 83.5 Å². The van der Waals surface area contributed by atoms with Gasteiger partial charge in [-0.2, -0.15) is 0 Å². The number of amides is 1. The summed E-state index contributed by atoms with van der Waals surface area (Å²) in [7, 11) is 0. The molecular weight excluding hydrogens is 1010 g/mol. The van der Waals surface area contributed by atoms with Gasteiger partial charge >= 0.3 is 5.97 Å². The summed E-state index contributed by atoms with van der Waals surface area (Å²) in [4.78, 5) is 24.5. The van der Waals surface area contributed by atoms with Crippen LogP contribution < -0.4 is 5.32 Å². The van der Waals surface area contributed by atoms with Crippen molar-refractivity contribution in [1.82, 2.24) is 5.32 Å². The number of esters is 1. The first-order valence-electron chi connectivity index (χ1n) is 37.3. The van der Waals surface area contributed by atoms with Crippen LogP contribution in [0, 0.1) is 0 Å². The van der Waals surface area contributed by atoms with Crippen LogP contribution in [0.4, 0.5) is 0 Å². The fourth-order valence-corrected chi connectivity index (χ4v) is 11.7. The van der Waals surface area contributed by atoms with E-state index < -0.39 is 12.1 Å². The average molecular weight is 1150 g/mol. The Morgan fingerprint density at radius 3 is 0.866 bits per heavy atom. The standard InChI is InChI=1S/C76H145NO5/c1-3-5-7-9-11-13-15-17-18-43-46-50-54-58-62-66-70-76(81)82-71-67-63-59-55-51-47-44-41-39-37-35-33-31-29-27-25-23-21-19-20-22-24-26-28-30-32-34-36-38-40-42-45-49-53-57-61-65-69-75(80)77-73(72-78)74(79)68-64-60-56-52-48-16-14-12-10-8-6-4-2/h18-19,21,43,64,68,73-74,78-79H,3-17,20,22-42,44-63,65-67,69-72H2,1-2H3,(H,77,80)/b21-19-,43-18-,68-64+. The molecule has 484 valence electrons. The summed E-state index contributed by atoms with van der Waals surface area (Å²) >= 11 is 0. The molecule has 0 rings (SSSR count). The lowest BCUT2D eigenvalue weighted by molar-refractivity contribution is -0.143. The molecule has 82 heavy (non-hydrogen) atoms. The van der Waals surface area contributed by atoms with Crippen molar-refractivity contribution in [3.05, 3.63) is 36.5 Å². The van der Waals surface area contributed by atoms with Crippen molar-refractivity contribution in [2.24, 2.45) is 0 Å². The van der Waals surface area contributed by atoms with E-state index in [1.165, 1.54) is 340 Å². The van der Waals surface area contributed by atoms with Gasteiger partial charge in [-0.1, -0.05) is 352 Å². The molecule has 2 unspecified atom stereocenters. The molecule has 0 aromatic heterocycles. The van der Waals surface area contributed by atoms with Gasteiger partial charge in [-0.15, -0.1) is 0 Å². The van der Waals surface area contributed by atoms with Gasteiger partial charge in [0.15, 0.2) is 0 Å². The van der Waals surface area contributed by atoms with Crippen molar-refractivity contribution >= 4 is 11.9 Å². The van der Waals surface area contributed by atoms with Gasteiger partial charge in [0.25, 0.3) is 0 Å². The Bertz CT molecular complexity index is 1330. The summed E-state index contributed by atoms with van der Waals surface area (Å²) in [5, 5.41) is 23.1. The second-order valence-electron chi connectivity index (χ2n) is 25.6. The van der Waals surface area contributed by atoms with Crippen LogP contribution in [0.15, 0.2) is 36.5 Å². The lowest BCUT2D eigenvalue weighted by Gasteiger charge is -2.20. The van der Waals surface area contributed by atoms with Gasteiger partial charge < -0.3 is 20.3 Å². The molecule has 0 radical (unpaired) electrons. The Morgan fingerprint density at radius 1 is 0.329 bits per heavy atom. The molecule has 2 atom stereocenters. The molecule has 0 aliphatic carbocycles. The highest BCUT2D eigenvalue weighted by Crippen LogP contribution is 2.19. The second kappa shape index (κ2) is 71.6.